The first kappa shape index (κ1) is 16.0. The summed E-state index contributed by atoms with van der Waals surface area (Å²) < 4.78 is 45.7. The molecule has 8 nitrogen and oxygen atoms in total. The summed E-state index contributed by atoms with van der Waals surface area (Å²) in [6, 6.07) is 2.75. The van der Waals surface area contributed by atoms with Crippen LogP contribution in [0.3, 0.4) is 0 Å². The van der Waals surface area contributed by atoms with Crippen molar-refractivity contribution in [2.45, 2.75) is 6.18 Å². The zero-order chi connectivity index (χ0) is 18.6. The number of esters is 1. The Kier molecular flexibility index (Phi) is 3.23. The molecule has 0 saturated carbocycles. The summed E-state index contributed by atoms with van der Waals surface area (Å²) in [7, 11) is 0.974. The fourth-order valence-corrected chi connectivity index (χ4v) is 2.86. The van der Waals surface area contributed by atoms with Gasteiger partial charge in [-0.05, 0) is 12.1 Å². The van der Waals surface area contributed by atoms with Gasteiger partial charge in [0, 0.05) is 5.39 Å². The summed E-state index contributed by atoms with van der Waals surface area (Å²) >= 11 is 0. The highest BCUT2D eigenvalue weighted by Crippen LogP contribution is 2.38. The number of methoxy groups -OCH3 is 1. The average molecular weight is 363 g/mol. The van der Waals surface area contributed by atoms with E-state index in [1.807, 2.05) is 0 Å². The van der Waals surface area contributed by atoms with Gasteiger partial charge in [-0.25, -0.2) is 9.48 Å². The van der Waals surface area contributed by atoms with Gasteiger partial charge >= 0.3 is 12.1 Å². The van der Waals surface area contributed by atoms with E-state index < -0.39 is 29.3 Å². The van der Waals surface area contributed by atoms with E-state index in [0.29, 0.717) is 15.8 Å². The van der Waals surface area contributed by atoms with E-state index >= 15 is 0 Å². The molecule has 0 spiro atoms. The molecular weight excluding hydrogens is 355 g/mol. The normalized spacial score (nSPS) is 13.2. The number of carbonyl (C=O) groups excluding carboxylic acids is 2. The van der Waals surface area contributed by atoms with Crippen molar-refractivity contribution in [2.75, 3.05) is 12.4 Å². The van der Waals surface area contributed by atoms with Crippen molar-refractivity contribution in [2.24, 2.45) is 0 Å². The summed E-state index contributed by atoms with van der Waals surface area (Å²) in [5, 5.41) is 14.2. The SMILES string of the molecule is COC(=O)c1cnn(-c2ccc3c4c(cnnc24)C(=O)N3)c1C(F)(F)F. The van der Waals surface area contributed by atoms with Gasteiger partial charge in [-0.3, -0.25) is 4.79 Å². The Labute approximate surface area is 142 Å². The topological polar surface area (TPSA) is 99.0 Å². The molecule has 1 aliphatic heterocycles. The smallest absolute Gasteiger partial charge is 0.434 e. The molecular formula is C15H8F3N5O3. The first-order chi connectivity index (χ1) is 12.3. The Morgan fingerprint density at radius 1 is 1.27 bits per heavy atom. The Bertz CT molecular complexity index is 1090. The number of aromatic nitrogens is 4. The molecule has 1 N–H and O–H groups in total. The number of ether oxygens (including phenoxy) is 1. The summed E-state index contributed by atoms with van der Waals surface area (Å²) in [5.74, 6) is -1.60. The first-order valence-electron chi connectivity index (χ1n) is 7.16. The van der Waals surface area contributed by atoms with E-state index in [9.17, 15) is 22.8 Å². The van der Waals surface area contributed by atoms with Crippen LogP contribution in [0.15, 0.2) is 24.5 Å². The van der Waals surface area contributed by atoms with Crippen LogP contribution in [0, 0.1) is 0 Å². The van der Waals surface area contributed by atoms with E-state index in [0.717, 1.165) is 13.3 Å². The van der Waals surface area contributed by atoms with Crippen LogP contribution in [-0.4, -0.2) is 39.0 Å². The molecule has 0 unspecified atom stereocenters. The van der Waals surface area contributed by atoms with Crippen LogP contribution in [-0.2, 0) is 10.9 Å². The van der Waals surface area contributed by atoms with Crippen LogP contribution in [0.4, 0.5) is 18.9 Å². The van der Waals surface area contributed by atoms with Gasteiger partial charge in [-0.2, -0.15) is 23.4 Å². The van der Waals surface area contributed by atoms with Crippen molar-refractivity contribution < 1.29 is 27.5 Å². The van der Waals surface area contributed by atoms with Crippen LogP contribution >= 0.6 is 0 Å². The fourth-order valence-electron chi connectivity index (χ4n) is 2.86. The number of benzene rings is 1. The maximum atomic E-state index is 13.6. The number of hydrogen-bond acceptors (Lipinski definition) is 6. The lowest BCUT2D eigenvalue weighted by Gasteiger charge is -2.13. The zero-order valence-corrected chi connectivity index (χ0v) is 13.0. The lowest BCUT2D eigenvalue weighted by atomic mass is 10.1. The van der Waals surface area contributed by atoms with Crippen molar-refractivity contribution in [3.8, 4) is 5.69 Å². The Morgan fingerprint density at radius 3 is 2.73 bits per heavy atom. The molecule has 3 aromatic rings. The van der Waals surface area contributed by atoms with E-state index in [1.165, 1.54) is 18.3 Å². The molecule has 0 atom stereocenters. The first-order valence-corrected chi connectivity index (χ1v) is 7.16. The van der Waals surface area contributed by atoms with Gasteiger partial charge < -0.3 is 10.1 Å². The zero-order valence-electron chi connectivity index (χ0n) is 13.0. The van der Waals surface area contributed by atoms with Crippen molar-refractivity contribution >= 4 is 28.5 Å². The lowest BCUT2D eigenvalue weighted by Crippen LogP contribution is -2.18. The molecule has 0 aliphatic carbocycles. The molecule has 11 heteroatoms. The van der Waals surface area contributed by atoms with Gasteiger partial charge in [0.25, 0.3) is 5.91 Å². The molecule has 3 heterocycles. The average Bonchev–Trinajstić information content (AvgIpc) is 3.18. The standard InChI is InChI=1S/C15H8F3N5O3/c1-26-14(25)7-5-20-23(12(7)15(16,17)18)9-3-2-8-10-6(13(24)21-8)4-19-22-11(9)10/h2-5H,1H3,(H,21,24). The highest BCUT2D eigenvalue weighted by atomic mass is 19.4. The summed E-state index contributed by atoms with van der Waals surface area (Å²) in [6.07, 6.45) is -2.88. The third-order valence-corrected chi connectivity index (χ3v) is 3.93. The van der Waals surface area contributed by atoms with Gasteiger partial charge in [0.05, 0.1) is 36.4 Å². The monoisotopic (exact) mass is 363 g/mol. The van der Waals surface area contributed by atoms with Crippen molar-refractivity contribution in [1.29, 1.82) is 0 Å². The molecule has 132 valence electrons. The minimum Gasteiger partial charge on any atom is -0.465 e. The van der Waals surface area contributed by atoms with E-state index in [2.05, 4.69) is 25.3 Å². The van der Waals surface area contributed by atoms with Crippen LogP contribution in [0.2, 0.25) is 0 Å². The van der Waals surface area contributed by atoms with Crippen LogP contribution in [0.5, 0.6) is 0 Å². The predicted molar refractivity (Wildman–Crippen MR) is 81.0 cm³/mol. The third-order valence-electron chi connectivity index (χ3n) is 3.93. The van der Waals surface area contributed by atoms with Gasteiger partial charge in [0.1, 0.15) is 11.1 Å². The van der Waals surface area contributed by atoms with Crippen molar-refractivity contribution in [1.82, 2.24) is 20.0 Å². The highest BCUT2D eigenvalue weighted by molar-refractivity contribution is 6.23. The van der Waals surface area contributed by atoms with Crippen molar-refractivity contribution in [3.63, 3.8) is 0 Å². The van der Waals surface area contributed by atoms with Gasteiger partial charge in [-0.15, -0.1) is 5.10 Å². The van der Waals surface area contributed by atoms with Gasteiger partial charge in [-0.1, -0.05) is 0 Å². The number of anilines is 1. The molecule has 2 aromatic heterocycles. The number of alkyl halides is 3. The Morgan fingerprint density at radius 2 is 2.04 bits per heavy atom. The van der Waals surface area contributed by atoms with Crippen LogP contribution in [0.1, 0.15) is 26.4 Å². The molecule has 0 saturated heterocycles. The summed E-state index contributed by atoms with van der Waals surface area (Å²) in [6.45, 7) is 0. The molecule has 1 aliphatic rings. The van der Waals surface area contributed by atoms with Crippen molar-refractivity contribution in [3.05, 3.63) is 41.3 Å². The second-order valence-corrected chi connectivity index (χ2v) is 5.38. The molecule has 0 radical (unpaired) electrons. The van der Waals surface area contributed by atoms with Gasteiger partial charge in [0.15, 0.2) is 5.69 Å². The largest absolute Gasteiger partial charge is 0.465 e. The quantitative estimate of drug-likeness (QED) is 0.701. The van der Waals surface area contributed by atoms with Crippen LogP contribution in [0.25, 0.3) is 16.6 Å². The number of rotatable bonds is 2. The van der Waals surface area contributed by atoms with E-state index in [1.54, 1.807) is 0 Å². The van der Waals surface area contributed by atoms with E-state index in [4.69, 9.17) is 0 Å². The minimum absolute atomic E-state index is 0.0448. The molecule has 26 heavy (non-hydrogen) atoms. The molecule has 0 bridgehead atoms. The second-order valence-electron chi connectivity index (χ2n) is 5.38. The molecule has 1 amide bonds. The lowest BCUT2D eigenvalue weighted by molar-refractivity contribution is -0.143. The minimum atomic E-state index is -4.88. The van der Waals surface area contributed by atoms with Crippen LogP contribution < -0.4 is 5.32 Å². The van der Waals surface area contributed by atoms with Gasteiger partial charge in [0.2, 0.25) is 0 Å². The maximum absolute atomic E-state index is 13.6. The molecule has 1 aromatic carbocycles. The Balaban J connectivity index is 2.04. The van der Waals surface area contributed by atoms with E-state index in [-0.39, 0.29) is 16.8 Å². The second kappa shape index (κ2) is 5.25. The predicted octanol–water partition coefficient (Wildman–Crippen LogP) is 2.19. The number of carbonyl (C=O) groups is 2. The number of nitrogens with zero attached hydrogens (tertiary/aromatic N) is 4. The fraction of sp³-hybridized carbons (Fsp3) is 0.133. The maximum Gasteiger partial charge on any atom is 0.434 e. The number of hydrogen-bond donors (Lipinski definition) is 1. The summed E-state index contributed by atoms with van der Waals surface area (Å²) in [5.41, 5.74) is -1.46. The third kappa shape index (κ3) is 2.13. The number of amides is 1. The summed E-state index contributed by atoms with van der Waals surface area (Å²) in [4.78, 5) is 23.6. The number of halogens is 3. The molecule has 0 fully saturated rings. The number of nitrogens with one attached hydrogen (secondary N) is 1. The Hall–Kier alpha value is -3.50. The highest BCUT2D eigenvalue weighted by Gasteiger charge is 2.41. The molecule has 4 rings (SSSR count).